The maximum atomic E-state index is 12.3. The lowest BCUT2D eigenvalue weighted by Crippen LogP contribution is -2.12. The van der Waals surface area contributed by atoms with Crippen LogP contribution in [0.3, 0.4) is 0 Å². The lowest BCUT2D eigenvalue weighted by Gasteiger charge is -2.07. The second-order valence-electron chi connectivity index (χ2n) is 4.20. The van der Waals surface area contributed by atoms with Crippen molar-refractivity contribution in [1.29, 1.82) is 0 Å². The number of aromatic nitrogens is 2. The summed E-state index contributed by atoms with van der Waals surface area (Å²) in [6.45, 7) is 0. The minimum Gasteiger partial charge on any atom is -0.399 e. The van der Waals surface area contributed by atoms with Crippen LogP contribution < -0.4 is 5.73 Å². The number of hydrogen-bond acceptors (Lipinski definition) is 4. The fraction of sp³-hybridized carbons (Fsp3) is 0.250. The van der Waals surface area contributed by atoms with E-state index in [1.165, 1.54) is 6.07 Å². The van der Waals surface area contributed by atoms with Gasteiger partial charge in [-0.1, -0.05) is 0 Å². The summed E-state index contributed by atoms with van der Waals surface area (Å²) in [5, 5.41) is 4.02. The maximum Gasteiger partial charge on any atom is 0.179 e. The first-order valence-corrected chi connectivity index (χ1v) is 8.09. The van der Waals surface area contributed by atoms with Gasteiger partial charge in [0.1, 0.15) is 0 Å². The van der Waals surface area contributed by atoms with E-state index >= 15 is 0 Å². The van der Waals surface area contributed by atoms with E-state index in [9.17, 15) is 8.42 Å². The molecule has 102 valence electrons. The summed E-state index contributed by atoms with van der Waals surface area (Å²) in [4.78, 5) is 0.267. The molecule has 5 nitrogen and oxygen atoms in total. The van der Waals surface area contributed by atoms with E-state index < -0.39 is 9.84 Å². The Labute approximate surface area is 120 Å². The monoisotopic (exact) mass is 343 g/mol. The molecule has 0 aliphatic rings. The molecule has 1 aromatic heterocycles. The Hall–Kier alpha value is -1.34. The number of nitrogens with zero attached hydrogens (tertiary/aromatic N) is 2. The fourth-order valence-electron chi connectivity index (χ4n) is 1.76. The van der Waals surface area contributed by atoms with E-state index in [0.29, 0.717) is 16.6 Å². The largest absolute Gasteiger partial charge is 0.399 e. The van der Waals surface area contributed by atoms with Gasteiger partial charge >= 0.3 is 0 Å². The second-order valence-corrected chi connectivity index (χ2v) is 7.14. The Balaban J connectivity index is 2.21. The molecule has 0 spiro atoms. The van der Waals surface area contributed by atoms with E-state index in [0.717, 1.165) is 5.69 Å². The van der Waals surface area contributed by atoms with Crippen molar-refractivity contribution in [3.05, 3.63) is 40.6 Å². The van der Waals surface area contributed by atoms with Gasteiger partial charge in [-0.3, -0.25) is 4.68 Å². The summed E-state index contributed by atoms with van der Waals surface area (Å²) < 4.78 is 26.7. The van der Waals surface area contributed by atoms with E-state index in [-0.39, 0.29) is 10.6 Å². The van der Waals surface area contributed by atoms with Crippen molar-refractivity contribution >= 4 is 31.5 Å². The predicted octanol–water partition coefficient (Wildman–Crippen LogP) is 1.78. The van der Waals surface area contributed by atoms with E-state index in [1.54, 1.807) is 30.1 Å². The van der Waals surface area contributed by atoms with Crippen LogP contribution in [0.4, 0.5) is 5.69 Å². The molecule has 7 heteroatoms. The molecule has 2 N–H and O–H groups in total. The fourth-order valence-corrected chi connectivity index (χ4v) is 4.23. The molecule has 0 radical (unpaired) electrons. The number of anilines is 1. The molecule has 0 fully saturated rings. The van der Waals surface area contributed by atoms with Gasteiger partial charge in [0.25, 0.3) is 0 Å². The molecular formula is C12H14BrN3O2S. The smallest absolute Gasteiger partial charge is 0.179 e. The molecule has 1 heterocycles. The lowest BCUT2D eigenvalue weighted by molar-refractivity contribution is 0.593. The van der Waals surface area contributed by atoms with Crippen molar-refractivity contribution in [2.24, 2.45) is 7.05 Å². The van der Waals surface area contributed by atoms with Crippen LogP contribution in [-0.2, 0) is 23.3 Å². The van der Waals surface area contributed by atoms with Crippen LogP contribution in [0.25, 0.3) is 0 Å². The van der Waals surface area contributed by atoms with Crippen LogP contribution in [0, 0.1) is 0 Å². The van der Waals surface area contributed by atoms with Crippen LogP contribution in [0.1, 0.15) is 5.69 Å². The summed E-state index contributed by atoms with van der Waals surface area (Å²) in [5.41, 5.74) is 7.02. The van der Waals surface area contributed by atoms with Crippen molar-refractivity contribution in [3.8, 4) is 0 Å². The summed E-state index contributed by atoms with van der Waals surface area (Å²) in [5.74, 6) is 0.0368. The first kappa shape index (κ1) is 14.1. The summed E-state index contributed by atoms with van der Waals surface area (Å²) >= 11 is 3.24. The second kappa shape index (κ2) is 5.34. The zero-order valence-electron chi connectivity index (χ0n) is 10.4. The van der Waals surface area contributed by atoms with Gasteiger partial charge in [-0.15, -0.1) is 0 Å². The van der Waals surface area contributed by atoms with Crippen molar-refractivity contribution in [2.75, 3.05) is 11.5 Å². The first-order chi connectivity index (χ1) is 8.90. The Morgan fingerprint density at radius 1 is 1.37 bits per heavy atom. The van der Waals surface area contributed by atoms with Gasteiger partial charge in [0.2, 0.25) is 0 Å². The molecule has 0 saturated carbocycles. The third-order valence-corrected chi connectivity index (χ3v) is 5.53. The highest BCUT2D eigenvalue weighted by Crippen LogP contribution is 2.25. The molecule has 0 bridgehead atoms. The van der Waals surface area contributed by atoms with E-state index in [2.05, 4.69) is 21.0 Å². The summed E-state index contributed by atoms with van der Waals surface area (Å²) in [6, 6.07) is 6.52. The number of halogens is 1. The normalized spacial score (nSPS) is 11.7. The van der Waals surface area contributed by atoms with Crippen LogP contribution in [-0.4, -0.2) is 24.0 Å². The Morgan fingerprint density at radius 2 is 2.11 bits per heavy atom. The summed E-state index contributed by atoms with van der Waals surface area (Å²) in [6.07, 6.45) is 2.08. The Bertz CT molecular complexity index is 695. The third-order valence-electron chi connectivity index (χ3n) is 2.84. The van der Waals surface area contributed by atoms with Gasteiger partial charge in [-0.05, 0) is 40.2 Å². The number of rotatable bonds is 4. The average Bonchev–Trinajstić information content (AvgIpc) is 2.72. The highest BCUT2D eigenvalue weighted by Gasteiger charge is 2.18. The maximum absolute atomic E-state index is 12.3. The standard InChI is InChI=1S/C12H14BrN3O2S/c1-16-10(4-6-15-16)5-7-19(17,18)12-3-2-9(14)8-11(12)13/h2-4,6,8H,5,7,14H2,1H3. The van der Waals surface area contributed by atoms with Crippen LogP contribution >= 0.6 is 15.9 Å². The van der Waals surface area contributed by atoms with Gasteiger partial charge in [-0.2, -0.15) is 5.10 Å². The van der Waals surface area contributed by atoms with E-state index in [4.69, 9.17) is 5.73 Å². The molecule has 0 amide bonds. The minimum absolute atomic E-state index is 0.0368. The Kier molecular flexibility index (Phi) is 3.96. The molecule has 1 aromatic carbocycles. The first-order valence-electron chi connectivity index (χ1n) is 5.65. The van der Waals surface area contributed by atoms with Crippen molar-refractivity contribution in [2.45, 2.75) is 11.3 Å². The number of sulfone groups is 1. The highest BCUT2D eigenvalue weighted by atomic mass is 79.9. The van der Waals surface area contributed by atoms with Crippen molar-refractivity contribution in [1.82, 2.24) is 9.78 Å². The molecule has 19 heavy (non-hydrogen) atoms. The number of nitrogen functional groups attached to an aromatic ring is 1. The molecular weight excluding hydrogens is 330 g/mol. The zero-order valence-corrected chi connectivity index (χ0v) is 12.8. The van der Waals surface area contributed by atoms with Gasteiger partial charge in [0.05, 0.1) is 10.6 Å². The van der Waals surface area contributed by atoms with Gasteiger partial charge in [0.15, 0.2) is 9.84 Å². The quantitative estimate of drug-likeness (QED) is 0.858. The van der Waals surface area contributed by atoms with Gasteiger partial charge in [0, 0.05) is 35.5 Å². The average molecular weight is 344 g/mol. The lowest BCUT2D eigenvalue weighted by atomic mass is 10.3. The number of benzene rings is 1. The van der Waals surface area contributed by atoms with Crippen LogP contribution in [0.15, 0.2) is 39.8 Å². The third kappa shape index (κ3) is 3.16. The Morgan fingerprint density at radius 3 is 2.68 bits per heavy atom. The highest BCUT2D eigenvalue weighted by molar-refractivity contribution is 9.10. The summed E-state index contributed by atoms with van der Waals surface area (Å²) in [7, 11) is -1.55. The van der Waals surface area contributed by atoms with Crippen LogP contribution in [0.5, 0.6) is 0 Å². The minimum atomic E-state index is -3.34. The number of nitrogens with two attached hydrogens (primary N) is 1. The molecule has 0 unspecified atom stereocenters. The SMILES string of the molecule is Cn1nccc1CCS(=O)(=O)c1ccc(N)cc1Br. The molecule has 0 saturated heterocycles. The number of hydrogen-bond donors (Lipinski definition) is 1. The van der Waals surface area contributed by atoms with E-state index in [1.807, 2.05) is 6.07 Å². The van der Waals surface area contributed by atoms with Crippen molar-refractivity contribution < 1.29 is 8.42 Å². The van der Waals surface area contributed by atoms with Crippen LogP contribution in [0.2, 0.25) is 0 Å². The van der Waals surface area contributed by atoms with Gasteiger partial charge < -0.3 is 5.73 Å². The predicted molar refractivity (Wildman–Crippen MR) is 77.5 cm³/mol. The molecule has 0 aliphatic carbocycles. The molecule has 0 atom stereocenters. The zero-order chi connectivity index (χ0) is 14.0. The number of aryl methyl sites for hydroxylation is 2. The van der Waals surface area contributed by atoms with Gasteiger partial charge in [-0.25, -0.2) is 8.42 Å². The van der Waals surface area contributed by atoms with Crippen molar-refractivity contribution in [3.63, 3.8) is 0 Å². The molecule has 0 aliphatic heterocycles. The molecule has 2 rings (SSSR count). The topological polar surface area (TPSA) is 78.0 Å². The molecule has 2 aromatic rings.